The fraction of sp³-hybridized carbons (Fsp3) is 0.556. The third-order valence-electron chi connectivity index (χ3n) is 2.03. The average Bonchev–Trinajstić information content (AvgIpc) is 2.60. The Labute approximate surface area is 93.1 Å². The smallest absolute Gasteiger partial charge is 0.225 e. The minimum atomic E-state index is -0.915. The maximum Gasteiger partial charge on any atom is 0.225 e. The standard InChI is InChI=1S/C9H15N5O2/c1-9(2,15)4-16-7-5-3-11-14-6(5)12-8(10)13-7/h3,6,11,14-15H,4H2,1-2H3,(H2,10,12). The van der Waals surface area contributed by atoms with Crippen LogP contribution in [0.5, 0.6) is 0 Å². The summed E-state index contributed by atoms with van der Waals surface area (Å²) in [5.74, 6) is 0.543. The van der Waals surface area contributed by atoms with Crippen molar-refractivity contribution in [2.24, 2.45) is 15.7 Å². The van der Waals surface area contributed by atoms with Crippen molar-refractivity contribution in [3.05, 3.63) is 11.8 Å². The molecule has 2 heterocycles. The number of aliphatic imine (C=N–C) groups is 2. The summed E-state index contributed by atoms with van der Waals surface area (Å²) >= 11 is 0. The number of nitrogens with zero attached hydrogens (tertiary/aromatic N) is 2. The van der Waals surface area contributed by atoms with Crippen LogP contribution in [0, 0.1) is 0 Å². The molecule has 16 heavy (non-hydrogen) atoms. The zero-order valence-corrected chi connectivity index (χ0v) is 9.19. The molecule has 0 radical (unpaired) electrons. The predicted molar refractivity (Wildman–Crippen MR) is 59.4 cm³/mol. The molecule has 7 nitrogen and oxygen atoms in total. The Hall–Kier alpha value is -1.60. The summed E-state index contributed by atoms with van der Waals surface area (Å²) in [6, 6.07) is 0. The van der Waals surface area contributed by atoms with Gasteiger partial charge in [-0.15, -0.1) is 0 Å². The molecule has 5 N–H and O–H groups in total. The van der Waals surface area contributed by atoms with Crippen LogP contribution in [0.15, 0.2) is 21.8 Å². The lowest BCUT2D eigenvalue weighted by Gasteiger charge is -2.22. The predicted octanol–water partition coefficient (Wildman–Crippen LogP) is -1.18. The lowest BCUT2D eigenvalue weighted by Crippen LogP contribution is -2.38. The van der Waals surface area contributed by atoms with E-state index < -0.39 is 5.60 Å². The second-order valence-electron chi connectivity index (χ2n) is 4.30. The lowest BCUT2D eigenvalue weighted by molar-refractivity contribution is 0.0239. The molecule has 1 atom stereocenters. The van der Waals surface area contributed by atoms with E-state index in [1.54, 1.807) is 20.0 Å². The van der Waals surface area contributed by atoms with Crippen LogP contribution in [0.1, 0.15) is 13.8 Å². The first kappa shape index (κ1) is 10.9. The number of rotatable bonds is 2. The maximum absolute atomic E-state index is 9.56. The van der Waals surface area contributed by atoms with Crippen molar-refractivity contribution in [3.63, 3.8) is 0 Å². The number of nitrogens with one attached hydrogen (secondary N) is 2. The summed E-state index contributed by atoms with van der Waals surface area (Å²) in [6.07, 6.45) is 1.44. The highest BCUT2D eigenvalue weighted by molar-refractivity contribution is 6.05. The van der Waals surface area contributed by atoms with Gasteiger partial charge in [0.2, 0.25) is 11.9 Å². The van der Waals surface area contributed by atoms with Gasteiger partial charge < -0.3 is 21.0 Å². The summed E-state index contributed by atoms with van der Waals surface area (Å²) < 4.78 is 5.42. The van der Waals surface area contributed by atoms with Crippen LogP contribution in [-0.2, 0) is 4.74 Å². The van der Waals surface area contributed by atoms with Crippen LogP contribution in [-0.4, -0.2) is 35.3 Å². The van der Waals surface area contributed by atoms with Crippen LogP contribution in [0.2, 0.25) is 0 Å². The molecule has 2 rings (SSSR count). The molecular formula is C9H15N5O2. The summed E-state index contributed by atoms with van der Waals surface area (Å²) in [5.41, 5.74) is 11.1. The number of ether oxygens (including phenoxy) is 1. The van der Waals surface area contributed by atoms with Gasteiger partial charge >= 0.3 is 0 Å². The van der Waals surface area contributed by atoms with Crippen LogP contribution < -0.4 is 16.6 Å². The van der Waals surface area contributed by atoms with Crippen LogP contribution >= 0.6 is 0 Å². The maximum atomic E-state index is 9.56. The molecule has 0 spiro atoms. The lowest BCUT2D eigenvalue weighted by atomic mass is 10.1. The first-order chi connectivity index (χ1) is 7.46. The molecule has 88 valence electrons. The minimum absolute atomic E-state index is 0.142. The van der Waals surface area contributed by atoms with Gasteiger partial charge in [0, 0.05) is 6.20 Å². The third kappa shape index (κ3) is 2.31. The number of hydrogen-bond acceptors (Lipinski definition) is 7. The number of aliphatic hydroxyl groups is 1. The zero-order valence-electron chi connectivity index (χ0n) is 9.19. The number of hydrazine groups is 1. The second-order valence-corrected chi connectivity index (χ2v) is 4.30. The van der Waals surface area contributed by atoms with Crippen LogP contribution in [0.25, 0.3) is 0 Å². The molecule has 0 saturated heterocycles. The largest absolute Gasteiger partial charge is 0.474 e. The van der Waals surface area contributed by atoms with E-state index in [0.717, 1.165) is 5.57 Å². The van der Waals surface area contributed by atoms with Gasteiger partial charge in [-0.3, -0.25) is 0 Å². The van der Waals surface area contributed by atoms with Gasteiger partial charge in [0.05, 0.1) is 11.2 Å². The highest BCUT2D eigenvalue weighted by Crippen LogP contribution is 2.16. The quantitative estimate of drug-likeness (QED) is 0.473. The van der Waals surface area contributed by atoms with Gasteiger partial charge in [-0.05, 0) is 13.8 Å². The van der Waals surface area contributed by atoms with Crippen molar-refractivity contribution in [3.8, 4) is 0 Å². The Morgan fingerprint density at radius 3 is 3.06 bits per heavy atom. The first-order valence-electron chi connectivity index (χ1n) is 4.94. The Kier molecular flexibility index (Phi) is 2.56. The fourth-order valence-electron chi connectivity index (χ4n) is 1.33. The highest BCUT2D eigenvalue weighted by Gasteiger charge is 2.29. The number of hydrogen-bond donors (Lipinski definition) is 4. The van der Waals surface area contributed by atoms with Crippen molar-refractivity contribution in [2.45, 2.75) is 25.6 Å². The van der Waals surface area contributed by atoms with E-state index in [9.17, 15) is 5.11 Å². The molecule has 0 bridgehead atoms. The Bertz CT molecular complexity index is 380. The van der Waals surface area contributed by atoms with Gasteiger partial charge in [-0.2, -0.15) is 4.99 Å². The third-order valence-corrected chi connectivity index (χ3v) is 2.03. The van der Waals surface area contributed by atoms with E-state index in [1.165, 1.54) is 0 Å². The topological polar surface area (TPSA) is 104 Å². The van der Waals surface area contributed by atoms with E-state index in [2.05, 4.69) is 20.8 Å². The van der Waals surface area contributed by atoms with E-state index >= 15 is 0 Å². The number of nitrogens with two attached hydrogens (primary N) is 1. The van der Waals surface area contributed by atoms with Crippen molar-refractivity contribution in [2.75, 3.05) is 6.61 Å². The molecule has 0 fully saturated rings. The summed E-state index contributed by atoms with van der Waals surface area (Å²) in [4.78, 5) is 8.05. The number of guanidine groups is 1. The normalized spacial score (nSPS) is 23.9. The number of fused-ring (bicyclic) bond motifs is 1. The van der Waals surface area contributed by atoms with E-state index in [0.29, 0.717) is 5.90 Å². The molecule has 0 saturated carbocycles. The molecular weight excluding hydrogens is 210 g/mol. The summed E-state index contributed by atoms with van der Waals surface area (Å²) in [7, 11) is 0. The van der Waals surface area contributed by atoms with Gasteiger partial charge in [0.1, 0.15) is 6.61 Å². The molecule has 0 aliphatic carbocycles. The summed E-state index contributed by atoms with van der Waals surface area (Å²) in [6.45, 7) is 3.46. The minimum Gasteiger partial charge on any atom is -0.474 e. The van der Waals surface area contributed by atoms with E-state index in [-0.39, 0.29) is 18.7 Å². The Morgan fingerprint density at radius 1 is 1.62 bits per heavy atom. The highest BCUT2D eigenvalue weighted by atomic mass is 16.5. The molecule has 0 amide bonds. The van der Waals surface area contributed by atoms with Crippen molar-refractivity contribution in [1.82, 2.24) is 10.9 Å². The van der Waals surface area contributed by atoms with Crippen LogP contribution in [0.3, 0.4) is 0 Å². The Morgan fingerprint density at radius 2 is 2.38 bits per heavy atom. The molecule has 0 aromatic carbocycles. The monoisotopic (exact) mass is 225 g/mol. The van der Waals surface area contributed by atoms with E-state index in [4.69, 9.17) is 10.5 Å². The first-order valence-corrected chi connectivity index (χ1v) is 4.94. The molecule has 0 aromatic rings. The average molecular weight is 225 g/mol. The second kappa shape index (κ2) is 3.76. The van der Waals surface area contributed by atoms with Crippen molar-refractivity contribution < 1.29 is 9.84 Å². The van der Waals surface area contributed by atoms with Crippen LogP contribution in [0.4, 0.5) is 0 Å². The SMILES string of the molecule is CC(C)(O)COC1=NC(N)=NC2NNC=C12. The Balaban J connectivity index is 2.10. The summed E-state index contributed by atoms with van der Waals surface area (Å²) in [5, 5.41) is 9.56. The van der Waals surface area contributed by atoms with E-state index in [1.807, 2.05) is 0 Å². The molecule has 2 aliphatic heterocycles. The van der Waals surface area contributed by atoms with Gasteiger partial charge in [-0.1, -0.05) is 0 Å². The van der Waals surface area contributed by atoms with Crippen molar-refractivity contribution in [1.29, 1.82) is 0 Å². The van der Waals surface area contributed by atoms with Gasteiger partial charge in [0.15, 0.2) is 6.17 Å². The fourth-order valence-corrected chi connectivity index (χ4v) is 1.33. The van der Waals surface area contributed by atoms with Gasteiger partial charge in [-0.25, -0.2) is 10.4 Å². The molecule has 7 heteroatoms. The molecule has 2 aliphatic rings. The molecule has 1 unspecified atom stereocenters. The van der Waals surface area contributed by atoms with Crippen molar-refractivity contribution >= 4 is 11.9 Å². The molecule has 0 aromatic heterocycles. The zero-order chi connectivity index (χ0) is 11.8. The van der Waals surface area contributed by atoms with Gasteiger partial charge in [0.25, 0.3) is 0 Å².